The smallest absolute Gasteiger partial charge is 0.141 e. The van der Waals surface area contributed by atoms with Crippen LogP contribution in [0.15, 0.2) is 18.5 Å². The second kappa shape index (κ2) is 6.13. The first-order valence-electron chi connectivity index (χ1n) is 8.70. The molecule has 2 aromatic rings. The van der Waals surface area contributed by atoms with Crippen LogP contribution in [-0.2, 0) is 4.74 Å². The van der Waals surface area contributed by atoms with Gasteiger partial charge in [0, 0.05) is 25.0 Å². The molecule has 0 radical (unpaired) electrons. The first kappa shape index (κ1) is 15.0. The molecule has 2 unspecified atom stereocenters. The van der Waals surface area contributed by atoms with Crippen molar-refractivity contribution < 1.29 is 9.47 Å². The van der Waals surface area contributed by atoms with Crippen LogP contribution in [-0.4, -0.2) is 41.4 Å². The van der Waals surface area contributed by atoms with E-state index in [-0.39, 0.29) is 6.10 Å². The van der Waals surface area contributed by atoms with E-state index < -0.39 is 0 Å². The van der Waals surface area contributed by atoms with Crippen LogP contribution in [0.3, 0.4) is 0 Å². The minimum Gasteiger partial charge on any atom is -0.488 e. The first-order valence-corrected chi connectivity index (χ1v) is 8.70. The molecule has 2 fully saturated rings. The van der Waals surface area contributed by atoms with Crippen LogP contribution in [0.5, 0.6) is 5.75 Å². The Balaban J connectivity index is 1.68. The van der Waals surface area contributed by atoms with Gasteiger partial charge in [-0.05, 0) is 57.2 Å². The molecule has 2 saturated heterocycles. The van der Waals surface area contributed by atoms with Gasteiger partial charge in [0.2, 0.25) is 0 Å². The fourth-order valence-corrected chi connectivity index (χ4v) is 3.91. The quantitative estimate of drug-likeness (QED) is 0.914. The summed E-state index contributed by atoms with van der Waals surface area (Å²) in [4.78, 5) is 7.82. The summed E-state index contributed by atoms with van der Waals surface area (Å²) in [6.45, 7) is 6.20. The fourth-order valence-electron chi connectivity index (χ4n) is 3.91. The first-order chi connectivity index (χ1) is 11.2. The third-order valence-corrected chi connectivity index (χ3v) is 5.22. The lowest BCUT2D eigenvalue weighted by molar-refractivity contribution is 0.0188. The van der Waals surface area contributed by atoms with Crippen LogP contribution in [0.2, 0.25) is 0 Å². The molecule has 124 valence electrons. The lowest BCUT2D eigenvalue weighted by Gasteiger charge is -2.27. The van der Waals surface area contributed by atoms with Gasteiger partial charge in [-0.25, -0.2) is 4.98 Å². The average molecular weight is 315 g/mol. The van der Waals surface area contributed by atoms with Gasteiger partial charge in [-0.1, -0.05) is 0 Å². The van der Waals surface area contributed by atoms with Gasteiger partial charge in [-0.15, -0.1) is 0 Å². The predicted octanol–water partition coefficient (Wildman–Crippen LogP) is 2.97. The number of hydrogen-bond donors (Lipinski definition) is 2. The molecule has 2 N–H and O–H groups in total. The number of aromatic amines is 1. The van der Waals surface area contributed by atoms with E-state index in [1.807, 2.05) is 12.3 Å². The Kier molecular flexibility index (Phi) is 3.99. The molecule has 0 saturated carbocycles. The van der Waals surface area contributed by atoms with E-state index in [0.717, 1.165) is 49.2 Å². The molecule has 0 spiro atoms. The highest BCUT2D eigenvalue weighted by Gasteiger charge is 2.28. The summed E-state index contributed by atoms with van der Waals surface area (Å²) >= 11 is 0. The zero-order valence-corrected chi connectivity index (χ0v) is 13.8. The van der Waals surface area contributed by atoms with Crippen LogP contribution in [0.25, 0.3) is 11.0 Å². The molecule has 4 heterocycles. The van der Waals surface area contributed by atoms with Gasteiger partial charge in [0.05, 0.1) is 11.5 Å². The van der Waals surface area contributed by atoms with Crippen LogP contribution < -0.4 is 10.1 Å². The van der Waals surface area contributed by atoms with Gasteiger partial charge in [0.25, 0.3) is 0 Å². The van der Waals surface area contributed by atoms with E-state index in [1.54, 1.807) is 0 Å². The second-order valence-corrected chi connectivity index (χ2v) is 6.87. The number of rotatable bonds is 3. The SMILES string of the molecule is CC1CC(c2c[nH]c3nccc(O[C@@H]4CCN[C@@H]4C)c23)CCO1. The number of H-pyrrole nitrogens is 1. The van der Waals surface area contributed by atoms with Crippen LogP contribution >= 0.6 is 0 Å². The van der Waals surface area contributed by atoms with Crippen molar-refractivity contribution in [2.24, 2.45) is 0 Å². The molecule has 0 aromatic carbocycles. The Morgan fingerprint density at radius 2 is 2.22 bits per heavy atom. The number of pyridine rings is 1. The standard InChI is InChI=1S/C18H25N3O2/c1-11-9-13(5-8-22-11)14-10-21-18-17(14)16(4-7-20-18)23-15-3-6-19-12(15)2/h4,7,10-13,15,19H,3,5-6,8-9H2,1-2H3,(H,20,21)/t11?,12-,13?,15-/m1/s1. The number of aromatic nitrogens is 2. The summed E-state index contributed by atoms with van der Waals surface area (Å²) in [6, 6.07) is 2.40. The maximum atomic E-state index is 6.36. The van der Waals surface area contributed by atoms with E-state index in [9.17, 15) is 0 Å². The molecule has 2 aromatic heterocycles. The van der Waals surface area contributed by atoms with Crippen molar-refractivity contribution in [3.8, 4) is 5.75 Å². The fraction of sp³-hybridized carbons (Fsp3) is 0.611. The van der Waals surface area contributed by atoms with Crippen molar-refractivity contribution in [3.63, 3.8) is 0 Å². The molecular weight excluding hydrogens is 290 g/mol. The van der Waals surface area contributed by atoms with Gasteiger partial charge in [-0.3, -0.25) is 0 Å². The highest BCUT2D eigenvalue weighted by atomic mass is 16.5. The van der Waals surface area contributed by atoms with Gasteiger partial charge < -0.3 is 19.8 Å². The summed E-state index contributed by atoms with van der Waals surface area (Å²) in [6.07, 6.45) is 7.67. The summed E-state index contributed by atoms with van der Waals surface area (Å²) in [7, 11) is 0. The van der Waals surface area contributed by atoms with E-state index in [2.05, 4.69) is 35.3 Å². The Morgan fingerprint density at radius 3 is 3.00 bits per heavy atom. The van der Waals surface area contributed by atoms with Crippen molar-refractivity contribution in [1.29, 1.82) is 0 Å². The number of hydrogen-bond acceptors (Lipinski definition) is 4. The minimum atomic E-state index is 0.233. The lowest BCUT2D eigenvalue weighted by Crippen LogP contribution is -2.30. The molecule has 2 aliphatic rings. The van der Waals surface area contributed by atoms with Crippen molar-refractivity contribution >= 4 is 11.0 Å². The van der Waals surface area contributed by atoms with Gasteiger partial charge >= 0.3 is 0 Å². The maximum absolute atomic E-state index is 6.36. The van der Waals surface area contributed by atoms with Crippen LogP contribution in [0.4, 0.5) is 0 Å². The van der Waals surface area contributed by atoms with Gasteiger partial charge in [-0.2, -0.15) is 0 Å². The maximum Gasteiger partial charge on any atom is 0.141 e. The molecule has 4 atom stereocenters. The van der Waals surface area contributed by atoms with Gasteiger partial charge in [0.15, 0.2) is 0 Å². The van der Waals surface area contributed by atoms with Crippen molar-refractivity contribution in [3.05, 3.63) is 24.0 Å². The highest BCUT2D eigenvalue weighted by molar-refractivity contribution is 5.86. The molecule has 0 bridgehead atoms. The Morgan fingerprint density at radius 1 is 1.30 bits per heavy atom. The summed E-state index contributed by atoms with van der Waals surface area (Å²) in [5, 5.41) is 4.61. The summed E-state index contributed by atoms with van der Waals surface area (Å²) < 4.78 is 12.1. The number of ether oxygens (including phenoxy) is 2. The highest BCUT2D eigenvalue weighted by Crippen LogP contribution is 2.38. The molecule has 2 aliphatic heterocycles. The normalized spacial score (nSPS) is 31.6. The van der Waals surface area contributed by atoms with Crippen molar-refractivity contribution in [2.75, 3.05) is 13.2 Å². The van der Waals surface area contributed by atoms with Crippen molar-refractivity contribution in [1.82, 2.24) is 15.3 Å². The molecule has 0 amide bonds. The zero-order chi connectivity index (χ0) is 15.8. The molecule has 0 aliphatic carbocycles. The molecule has 23 heavy (non-hydrogen) atoms. The van der Waals surface area contributed by atoms with E-state index in [0.29, 0.717) is 18.1 Å². The number of nitrogens with zero attached hydrogens (tertiary/aromatic N) is 1. The Hall–Kier alpha value is -1.59. The zero-order valence-electron chi connectivity index (χ0n) is 13.8. The average Bonchev–Trinajstić information content (AvgIpc) is 3.15. The van der Waals surface area contributed by atoms with Crippen LogP contribution in [0.1, 0.15) is 44.6 Å². The monoisotopic (exact) mass is 315 g/mol. The molecule has 4 rings (SSSR count). The largest absolute Gasteiger partial charge is 0.488 e. The molecular formula is C18H25N3O2. The summed E-state index contributed by atoms with van der Waals surface area (Å²) in [5.74, 6) is 1.48. The molecule has 5 heteroatoms. The molecule has 5 nitrogen and oxygen atoms in total. The number of nitrogens with one attached hydrogen (secondary N) is 2. The Bertz CT molecular complexity index is 684. The topological polar surface area (TPSA) is 59.2 Å². The van der Waals surface area contributed by atoms with Crippen molar-refractivity contribution in [2.45, 2.75) is 57.3 Å². The second-order valence-electron chi connectivity index (χ2n) is 6.87. The Labute approximate surface area is 136 Å². The van der Waals surface area contributed by atoms with E-state index in [1.165, 1.54) is 5.56 Å². The third kappa shape index (κ3) is 2.83. The number of fused-ring (bicyclic) bond motifs is 1. The lowest BCUT2D eigenvalue weighted by atomic mass is 9.89. The van der Waals surface area contributed by atoms with Gasteiger partial charge in [0.1, 0.15) is 17.5 Å². The van der Waals surface area contributed by atoms with Crippen LogP contribution in [0, 0.1) is 0 Å². The predicted molar refractivity (Wildman–Crippen MR) is 90.0 cm³/mol. The third-order valence-electron chi connectivity index (χ3n) is 5.22. The van der Waals surface area contributed by atoms with E-state index >= 15 is 0 Å². The van der Waals surface area contributed by atoms with E-state index in [4.69, 9.17) is 9.47 Å². The minimum absolute atomic E-state index is 0.233. The summed E-state index contributed by atoms with van der Waals surface area (Å²) in [5.41, 5.74) is 2.26.